The molecule has 0 heterocycles. The van der Waals surface area contributed by atoms with Gasteiger partial charge in [-0.2, -0.15) is 0 Å². The molecule has 0 amide bonds. The van der Waals surface area contributed by atoms with E-state index in [-0.39, 0.29) is 51.4 Å². The van der Waals surface area contributed by atoms with Crippen molar-refractivity contribution in [3.05, 3.63) is 0 Å². The molecule has 6 heavy (non-hydrogen) atoms. The summed E-state index contributed by atoms with van der Waals surface area (Å²) in [6, 6.07) is 0. The van der Waals surface area contributed by atoms with Gasteiger partial charge in [-0.05, 0) is 0 Å². The zero-order chi connectivity index (χ0) is 4.50. The van der Waals surface area contributed by atoms with Crippen LogP contribution >= 0.6 is 0 Å². The van der Waals surface area contributed by atoms with E-state index in [2.05, 4.69) is 0 Å². The van der Waals surface area contributed by atoms with E-state index in [0.29, 0.717) is 0 Å². The average molecular weight is 290 g/mol. The molecule has 0 aromatic rings. The molecule has 1 radical (unpaired) electrons. The third-order valence-corrected chi connectivity index (χ3v) is 0. The Morgan fingerprint density at radius 2 is 1.17 bits per heavy atom. The molecule has 6 heteroatoms. The number of hydrogen-bond donors (Lipinski definition) is 1. The summed E-state index contributed by atoms with van der Waals surface area (Å²) in [6.07, 6.45) is 0. The first-order chi connectivity index (χ1) is 2.00. The van der Waals surface area contributed by atoms with Gasteiger partial charge in [0.05, 0.1) is 0 Å². The molecule has 0 aliphatic rings. The van der Waals surface area contributed by atoms with Crippen LogP contribution in [-0.4, -0.2) is 55.2 Å². The van der Waals surface area contributed by atoms with Crippen LogP contribution in [0.5, 0.6) is 0 Å². The molecule has 33 valence electrons. The van der Waals surface area contributed by atoms with Crippen molar-refractivity contribution >= 4 is 51.4 Å². The second-order valence-corrected chi connectivity index (χ2v) is 3.24. The van der Waals surface area contributed by atoms with Crippen molar-refractivity contribution in [2.75, 3.05) is 0 Å². The second-order valence-electron chi connectivity index (χ2n) is 0.396. The van der Waals surface area contributed by atoms with E-state index in [1.165, 1.54) is 0 Å². The van der Waals surface area contributed by atoms with Crippen molar-refractivity contribution in [3.63, 3.8) is 0 Å². The first-order valence-corrected chi connectivity index (χ1v) is 5.17. The minimum absolute atomic E-state index is 0. The predicted octanol–water partition coefficient (Wildman–Crippen LogP) is -1.30. The monoisotopic (exact) mass is 291 g/mol. The van der Waals surface area contributed by atoms with Gasteiger partial charge >= 0.3 is 30.0 Å². The molecule has 1 N–H and O–H groups in total. The summed E-state index contributed by atoms with van der Waals surface area (Å²) in [5.41, 5.74) is 0. The summed E-state index contributed by atoms with van der Waals surface area (Å²) in [5.74, 6) is 0. The first-order valence-electron chi connectivity index (χ1n) is 0.632. The topological polar surface area (TPSA) is 71.4 Å². The van der Waals surface area contributed by atoms with Gasteiger partial charge in [-0.1, -0.05) is 0 Å². The van der Waals surface area contributed by atoms with Crippen molar-refractivity contribution in [2.45, 2.75) is 0 Å². The van der Waals surface area contributed by atoms with E-state index < -0.39 is 15.8 Å². The molecule has 0 aliphatic carbocycles. The normalized spacial score (nSPS) is 9.50. The summed E-state index contributed by atoms with van der Waals surface area (Å²) in [7, 11) is 0. The van der Waals surface area contributed by atoms with Crippen molar-refractivity contribution in [1.29, 1.82) is 0 Å². The molecular weight excluding hydrogens is 289 g/mol. The van der Waals surface area contributed by atoms with Crippen LogP contribution in [0.15, 0.2) is 0 Å². The predicted molar refractivity (Wildman–Crippen MR) is 10.0 cm³/mol. The Kier molecular flexibility index (Phi) is 6.42. The van der Waals surface area contributed by atoms with Crippen molar-refractivity contribution < 1.29 is 30.0 Å². The molecule has 0 aliphatic heterocycles. The fraction of sp³-hybridized carbons (Fsp3) is 0. The summed E-state index contributed by atoms with van der Waals surface area (Å²) in [6.45, 7) is 0. The Labute approximate surface area is 79.7 Å². The molecule has 0 rings (SSSR count). The van der Waals surface area contributed by atoms with Gasteiger partial charge in [0, 0.05) is 51.4 Å². The van der Waals surface area contributed by atoms with Crippen molar-refractivity contribution in [2.24, 2.45) is 0 Å². The van der Waals surface area contributed by atoms with Crippen molar-refractivity contribution in [3.8, 4) is 0 Å². The van der Waals surface area contributed by atoms with Crippen LogP contribution in [0, 0.1) is 0 Å². The van der Waals surface area contributed by atoms with E-state index in [1.54, 1.807) is 0 Å². The maximum atomic E-state index is 8.75. The average Bonchev–Trinajstić information content (AvgIpc) is 0.722. The Hall–Kier alpha value is 1.66. The van der Waals surface area contributed by atoms with E-state index in [4.69, 9.17) is 14.2 Å². The number of rotatable bonds is 0. The summed E-state index contributed by atoms with van der Waals surface area (Å²) >= 11 is -5.86. The Bertz CT molecular complexity index is 129. The summed E-state index contributed by atoms with van der Waals surface area (Å²) in [5, 5.41) is 0. The first kappa shape index (κ1) is 10.6. The molecule has 0 fully saturated rings. The number of hydrogen-bond acceptors (Lipinski definition) is 3. The maximum absolute atomic E-state index is 8.75. The van der Waals surface area contributed by atoms with Gasteiger partial charge in [0.15, 0.2) is 0 Å². The fourth-order valence-corrected chi connectivity index (χ4v) is 0. The third kappa shape index (κ3) is 44.6. The van der Waals surface area contributed by atoms with Gasteiger partial charge in [-0.3, -0.25) is 0 Å². The van der Waals surface area contributed by atoms with E-state index >= 15 is 0 Å². The summed E-state index contributed by atoms with van der Waals surface area (Å²) < 4.78 is 33.3. The fourth-order valence-electron chi connectivity index (χ4n) is 0. The Balaban J connectivity index is 0. The van der Waals surface area contributed by atoms with Gasteiger partial charge in [0.25, 0.3) is 0 Å². The van der Waals surface area contributed by atoms with Crippen LogP contribution in [0.4, 0.5) is 0 Å². The summed E-state index contributed by atoms with van der Waals surface area (Å²) in [4.78, 5) is 0. The standard InChI is InChI=1S/K.H2O.3O.Re/h;1H2;;;;/q;;;;;+1/p-1. The zero-order valence-electron chi connectivity index (χ0n) is 3.05. The molecule has 0 unspecified atom stereocenters. The van der Waals surface area contributed by atoms with E-state index in [0.717, 1.165) is 0 Å². The van der Waals surface area contributed by atoms with Crippen LogP contribution in [0.25, 0.3) is 0 Å². The molecule has 4 nitrogen and oxygen atoms in total. The molecule has 0 bridgehead atoms. The van der Waals surface area contributed by atoms with Crippen molar-refractivity contribution in [1.82, 2.24) is 0 Å². The third-order valence-electron chi connectivity index (χ3n) is 0. The van der Waals surface area contributed by atoms with Crippen LogP contribution < -0.4 is 0 Å². The molecular formula is HKO4Re. The second kappa shape index (κ2) is 3.64. The Morgan fingerprint density at radius 1 is 1.17 bits per heavy atom. The molecule has 0 saturated carbocycles. The minimum atomic E-state index is -5.86. The van der Waals surface area contributed by atoms with Gasteiger partial charge in [-0.25, -0.2) is 0 Å². The molecule has 0 spiro atoms. The van der Waals surface area contributed by atoms with Crippen LogP contribution in [0.3, 0.4) is 0 Å². The SMILES string of the molecule is [K].[O]=[Re](=[O])(=[O])[OH]. The molecule has 0 atom stereocenters. The van der Waals surface area contributed by atoms with Gasteiger partial charge < -0.3 is 0 Å². The van der Waals surface area contributed by atoms with Gasteiger partial charge in [0.2, 0.25) is 0 Å². The van der Waals surface area contributed by atoms with Gasteiger partial charge in [0.1, 0.15) is 0 Å². The van der Waals surface area contributed by atoms with Gasteiger partial charge in [-0.15, -0.1) is 0 Å². The molecule has 0 saturated heterocycles. The van der Waals surface area contributed by atoms with Crippen LogP contribution in [0.2, 0.25) is 0 Å². The molecule has 0 aromatic heterocycles. The Morgan fingerprint density at radius 3 is 1.17 bits per heavy atom. The van der Waals surface area contributed by atoms with E-state index in [1.807, 2.05) is 0 Å². The molecule has 0 aromatic carbocycles. The van der Waals surface area contributed by atoms with E-state index in [9.17, 15) is 0 Å². The zero-order valence-corrected chi connectivity index (χ0v) is 8.89. The quantitative estimate of drug-likeness (QED) is 0.563. The van der Waals surface area contributed by atoms with Crippen LogP contribution in [-0.2, 0) is 26.2 Å². The van der Waals surface area contributed by atoms with Crippen LogP contribution in [0.1, 0.15) is 0 Å².